The van der Waals surface area contributed by atoms with Crippen molar-refractivity contribution in [3.63, 3.8) is 0 Å². The molecule has 1 aliphatic rings. The van der Waals surface area contributed by atoms with Crippen molar-refractivity contribution in [1.82, 2.24) is 5.32 Å². The van der Waals surface area contributed by atoms with E-state index in [1.807, 2.05) is 0 Å². The molecule has 0 aromatic carbocycles. The summed E-state index contributed by atoms with van der Waals surface area (Å²) in [7, 11) is 1.78. The van der Waals surface area contributed by atoms with Crippen LogP contribution in [0.2, 0.25) is 0 Å². The number of rotatable bonds is 7. The molecule has 0 aromatic rings. The standard InChI is InChI=1S/C10H21NO3/c1-13-10-3-2-9(8-10)11-4-6-14-7-5-12/h9-12H,2-8H2,1H3. The van der Waals surface area contributed by atoms with E-state index in [0.717, 1.165) is 19.4 Å². The van der Waals surface area contributed by atoms with Gasteiger partial charge in [0.15, 0.2) is 0 Å². The second kappa shape index (κ2) is 7.17. The van der Waals surface area contributed by atoms with E-state index in [9.17, 15) is 0 Å². The zero-order chi connectivity index (χ0) is 10.2. The minimum absolute atomic E-state index is 0.106. The van der Waals surface area contributed by atoms with Crippen molar-refractivity contribution in [2.24, 2.45) is 0 Å². The van der Waals surface area contributed by atoms with E-state index in [1.54, 1.807) is 7.11 Å². The summed E-state index contributed by atoms with van der Waals surface area (Å²) in [5.74, 6) is 0. The molecule has 1 fully saturated rings. The molecule has 84 valence electrons. The first kappa shape index (κ1) is 11.9. The van der Waals surface area contributed by atoms with Gasteiger partial charge in [0.1, 0.15) is 0 Å². The van der Waals surface area contributed by atoms with Gasteiger partial charge < -0.3 is 19.9 Å². The van der Waals surface area contributed by atoms with Gasteiger partial charge in [-0.15, -0.1) is 0 Å². The first-order valence-electron chi connectivity index (χ1n) is 5.31. The molecule has 0 amide bonds. The molecular weight excluding hydrogens is 182 g/mol. The van der Waals surface area contributed by atoms with Crippen molar-refractivity contribution >= 4 is 0 Å². The first-order valence-corrected chi connectivity index (χ1v) is 5.31. The molecule has 0 aromatic heterocycles. The largest absolute Gasteiger partial charge is 0.394 e. The molecule has 0 radical (unpaired) electrons. The Hall–Kier alpha value is -0.160. The van der Waals surface area contributed by atoms with Gasteiger partial charge in [-0.05, 0) is 19.3 Å². The molecule has 0 spiro atoms. The minimum atomic E-state index is 0.106. The minimum Gasteiger partial charge on any atom is -0.394 e. The fraction of sp³-hybridized carbons (Fsp3) is 1.00. The zero-order valence-corrected chi connectivity index (χ0v) is 8.87. The van der Waals surface area contributed by atoms with Crippen LogP contribution in [0.15, 0.2) is 0 Å². The van der Waals surface area contributed by atoms with E-state index in [-0.39, 0.29) is 6.61 Å². The van der Waals surface area contributed by atoms with Gasteiger partial charge in [-0.3, -0.25) is 0 Å². The fourth-order valence-corrected chi connectivity index (χ4v) is 1.84. The van der Waals surface area contributed by atoms with E-state index in [1.165, 1.54) is 6.42 Å². The third-order valence-electron chi connectivity index (χ3n) is 2.63. The summed E-state index contributed by atoms with van der Waals surface area (Å²) in [5, 5.41) is 11.9. The SMILES string of the molecule is COC1CCC(NCCOCCO)C1. The van der Waals surface area contributed by atoms with Gasteiger partial charge in [0.25, 0.3) is 0 Å². The van der Waals surface area contributed by atoms with Gasteiger partial charge in [0.05, 0.1) is 25.9 Å². The lowest BCUT2D eigenvalue weighted by Crippen LogP contribution is -2.30. The molecule has 2 unspecified atom stereocenters. The highest BCUT2D eigenvalue weighted by Crippen LogP contribution is 2.20. The molecule has 2 N–H and O–H groups in total. The Morgan fingerprint density at radius 3 is 2.86 bits per heavy atom. The predicted molar refractivity (Wildman–Crippen MR) is 54.3 cm³/mol. The Balaban J connectivity index is 1.92. The summed E-state index contributed by atoms with van der Waals surface area (Å²) < 4.78 is 10.4. The van der Waals surface area contributed by atoms with Gasteiger partial charge >= 0.3 is 0 Å². The van der Waals surface area contributed by atoms with Crippen molar-refractivity contribution in [2.45, 2.75) is 31.4 Å². The lowest BCUT2D eigenvalue weighted by molar-refractivity contribution is 0.0906. The summed E-state index contributed by atoms with van der Waals surface area (Å²) in [5.41, 5.74) is 0. The highest BCUT2D eigenvalue weighted by Gasteiger charge is 2.23. The molecule has 0 bridgehead atoms. The normalized spacial score (nSPS) is 27.0. The molecule has 1 rings (SSSR count). The summed E-state index contributed by atoms with van der Waals surface area (Å²) in [6.45, 7) is 2.08. The van der Waals surface area contributed by atoms with Crippen LogP contribution in [0.3, 0.4) is 0 Å². The lowest BCUT2D eigenvalue weighted by Gasteiger charge is -2.12. The Bertz CT molecular complexity index is 143. The van der Waals surface area contributed by atoms with Crippen molar-refractivity contribution in [3.8, 4) is 0 Å². The molecule has 4 heteroatoms. The van der Waals surface area contributed by atoms with E-state index in [4.69, 9.17) is 14.6 Å². The summed E-state index contributed by atoms with van der Waals surface area (Å²) in [6, 6.07) is 0.581. The molecule has 2 atom stereocenters. The van der Waals surface area contributed by atoms with Crippen molar-refractivity contribution in [3.05, 3.63) is 0 Å². The third kappa shape index (κ3) is 4.37. The Labute approximate surface area is 85.6 Å². The molecule has 0 heterocycles. The fourth-order valence-electron chi connectivity index (χ4n) is 1.84. The number of ether oxygens (including phenoxy) is 2. The number of aliphatic hydroxyl groups excluding tert-OH is 1. The monoisotopic (exact) mass is 203 g/mol. The molecule has 0 aliphatic heterocycles. The average molecular weight is 203 g/mol. The molecule has 0 saturated heterocycles. The van der Waals surface area contributed by atoms with Crippen LogP contribution in [-0.4, -0.2) is 50.7 Å². The zero-order valence-electron chi connectivity index (χ0n) is 8.87. The summed E-state index contributed by atoms with van der Waals surface area (Å²) >= 11 is 0. The molecule has 4 nitrogen and oxygen atoms in total. The first-order chi connectivity index (χ1) is 6.86. The van der Waals surface area contributed by atoms with Crippen LogP contribution in [0.4, 0.5) is 0 Å². The summed E-state index contributed by atoms with van der Waals surface area (Å²) in [4.78, 5) is 0. The summed E-state index contributed by atoms with van der Waals surface area (Å²) in [6.07, 6.45) is 3.89. The van der Waals surface area contributed by atoms with Crippen LogP contribution in [0.25, 0.3) is 0 Å². The maximum atomic E-state index is 8.48. The smallest absolute Gasteiger partial charge is 0.0698 e. The number of hydrogen-bond acceptors (Lipinski definition) is 4. The van der Waals surface area contributed by atoms with Crippen LogP contribution in [0.1, 0.15) is 19.3 Å². The topological polar surface area (TPSA) is 50.7 Å². The number of methoxy groups -OCH3 is 1. The van der Waals surface area contributed by atoms with Gasteiger partial charge in [0.2, 0.25) is 0 Å². The maximum Gasteiger partial charge on any atom is 0.0698 e. The average Bonchev–Trinajstić information content (AvgIpc) is 2.65. The van der Waals surface area contributed by atoms with Gasteiger partial charge in [0, 0.05) is 19.7 Å². The third-order valence-corrected chi connectivity index (χ3v) is 2.63. The Morgan fingerprint density at radius 2 is 2.21 bits per heavy atom. The van der Waals surface area contributed by atoms with Crippen LogP contribution in [-0.2, 0) is 9.47 Å². The van der Waals surface area contributed by atoms with E-state index in [0.29, 0.717) is 25.4 Å². The molecular formula is C10H21NO3. The Morgan fingerprint density at radius 1 is 1.36 bits per heavy atom. The molecule has 1 aliphatic carbocycles. The maximum absolute atomic E-state index is 8.48. The van der Waals surface area contributed by atoms with Crippen molar-refractivity contribution in [2.75, 3.05) is 33.5 Å². The van der Waals surface area contributed by atoms with Gasteiger partial charge in [-0.2, -0.15) is 0 Å². The number of aliphatic hydroxyl groups is 1. The second-order valence-corrected chi connectivity index (χ2v) is 3.66. The van der Waals surface area contributed by atoms with Crippen LogP contribution < -0.4 is 5.32 Å². The highest BCUT2D eigenvalue weighted by molar-refractivity contribution is 4.80. The van der Waals surface area contributed by atoms with Crippen molar-refractivity contribution in [1.29, 1.82) is 0 Å². The second-order valence-electron chi connectivity index (χ2n) is 3.66. The highest BCUT2D eigenvalue weighted by atomic mass is 16.5. The molecule has 14 heavy (non-hydrogen) atoms. The van der Waals surface area contributed by atoms with Gasteiger partial charge in [-0.25, -0.2) is 0 Å². The lowest BCUT2D eigenvalue weighted by atomic mass is 10.2. The van der Waals surface area contributed by atoms with Crippen molar-refractivity contribution < 1.29 is 14.6 Å². The van der Waals surface area contributed by atoms with E-state index >= 15 is 0 Å². The van der Waals surface area contributed by atoms with Crippen LogP contribution in [0, 0.1) is 0 Å². The predicted octanol–water partition coefficient (Wildman–Crippen LogP) is 0.152. The van der Waals surface area contributed by atoms with Gasteiger partial charge in [-0.1, -0.05) is 0 Å². The van der Waals surface area contributed by atoms with E-state index in [2.05, 4.69) is 5.32 Å². The molecule has 1 saturated carbocycles. The number of nitrogens with one attached hydrogen (secondary N) is 1. The quantitative estimate of drug-likeness (QED) is 0.578. The van der Waals surface area contributed by atoms with Crippen LogP contribution >= 0.6 is 0 Å². The van der Waals surface area contributed by atoms with E-state index < -0.39 is 0 Å². The van der Waals surface area contributed by atoms with Crippen LogP contribution in [0.5, 0.6) is 0 Å². The number of hydrogen-bond donors (Lipinski definition) is 2. The Kier molecular flexibility index (Phi) is 6.10.